The van der Waals surface area contributed by atoms with Crippen LogP contribution in [0.5, 0.6) is 0 Å². The third kappa shape index (κ3) is 4.54. The highest BCUT2D eigenvalue weighted by molar-refractivity contribution is 5.95. The van der Waals surface area contributed by atoms with Gasteiger partial charge in [0.1, 0.15) is 0 Å². The number of carbonyl (C=O) groups is 1. The van der Waals surface area contributed by atoms with Gasteiger partial charge < -0.3 is 10.2 Å². The van der Waals surface area contributed by atoms with Crippen LogP contribution in [0.2, 0.25) is 0 Å². The Bertz CT molecular complexity index is 776. The van der Waals surface area contributed by atoms with Gasteiger partial charge in [0, 0.05) is 38.6 Å². The molecule has 0 saturated carbocycles. The fourth-order valence-corrected chi connectivity index (χ4v) is 3.01. The standard InChI is InChI=1S/C18H20F3N5O/c1-13(16(27)24-15-6-3-2-5-14(15)18(19,20)21)25-9-11-26(12-10-25)17-22-7-4-8-23-17/h2-8,13H,9-12H2,1H3,(H,24,27)/t13-/m0/s1. The number of nitrogens with one attached hydrogen (secondary N) is 1. The third-order valence-electron chi connectivity index (χ3n) is 4.57. The van der Waals surface area contributed by atoms with Crippen LogP contribution in [0.4, 0.5) is 24.8 Å². The lowest BCUT2D eigenvalue weighted by molar-refractivity contribution is -0.137. The maximum absolute atomic E-state index is 13.1. The van der Waals surface area contributed by atoms with Gasteiger partial charge >= 0.3 is 6.18 Å². The molecule has 2 heterocycles. The predicted octanol–water partition coefficient (Wildman–Crippen LogP) is 2.64. The molecule has 144 valence electrons. The van der Waals surface area contributed by atoms with E-state index in [9.17, 15) is 18.0 Å². The zero-order valence-electron chi connectivity index (χ0n) is 14.8. The van der Waals surface area contributed by atoms with Gasteiger partial charge in [-0.05, 0) is 25.1 Å². The molecule has 3 rings (SSSR count). The van der Waals surface area contributed by atoms with E-state index >= 15 is 0 Å². The molecule has 6 nitrogen and oxygen atoms in total. The Hall–Kier alpha value is -2.68. The van der Waals surface area contributed by atoms with Crippen LogP contribution in [-0.4, -0.2) is 53.0 Å². The van der Waals surface area contributed by atoms with Crippen LogP contribution in [0, 0.1) is 0 Å². The summed E-state index contributed by atoms with van der Waals surface area (Å²) in [5.74, 6) is 0.171. The van der Waals surface area contributed by atoms with Crippen LogP contribution in [0.1, 0.15) is 12.5 Å². The molecule has 1 aromatic carbocycles. The van der Waals surface area contributed by atoms with E-state index in [2.05, 4.69) is 15.3 Å². The molecule has 9 heteroatoms. The first kappa shape index (κ1) is 19.1. The van der Waals surface area contributed by atoms with Crippen LogP contribution in [0.25, 0.3) is 0 Å². The summed E-state index contributed by atoms with van der Waals surface area (Å²) < 4.78 is 39.2. The van der Waals surface area contributed by atoms with Crippen molar-refractivity contribution in [2.24, 2.45) is 0 Å². The molecule has 0 bridgehead atoms. The van der Waals surface area contributed by atoms with Crippen LogP contribution in [0.15, 0.2) is 42.7 Å². The molecular weight excluding hydrogens is 359 g/mol. The molecule has 1 saturated heterocycles. The number of hydrogen-bond donors (Lipinski definition) is 1. The Labute approximate surface area is 155 Å². The van der Waals surface area contributed by atoms with Crippen molar-refractivity contribution in [2.75, 3.05) is 36.4 Å². The zero-order chi connectivity index (χ0) is 19.4. The second-order valence-corrected chi connectivity index (χ2v) is 6.28. The van der Waals surface area contributed by atoms with Gasteiger partial charge in [-0.15, -0.1) is 0 Å². The third-order valence-corrected chi connectivity index (χ3v) is 4.57. The Morgan fingerprint density at radius 2 is 1.70 bits per heavy atom. The highest BCUT2D eigenvalue weighted by atomic mass is 19.4. The van der Waals surface area contributed by atoms with Gasteiger partial charge in [-0.1, -0.05) is 12.1 Å². The lowest BCUT2D eigenvalue weighted by Crippen LogP contribution is -2.53. The number of rotatable bonds is 4. The summed E-state index contributed by atoms with van der Waals surface area (Å²) in [6.45, 7) is 4.16. The van der Waals surface area contributed by atoms with Crippen LogP contribution >= 0.6 is 0 Å². The Morgan fingerprint density at radius 1 is 1.07 bits per heavy atom. The molecule has 1 fully saturated rings. The van der Waals surface area contributed by atoms with Crippen molar-refractivity contribution in [1.82, 2.24) is 14.9 Å². The van der Waals surface area contributed by atoms with E-state index in [1.165, 1.54) is 18.2 Å². The molecule has 0 spiro atoms. The normalized spacial score (nSPS) is 16.8. The summed E-state index contributed by atoms with van der Waals surface area (Å²) in [5, 5.41) is 2.42. The van der Waals surface area contributed by atoms with Crippen molar-refractivity contribution >= 4 is 17.5 Å². The molecule has 1 aliphatic heterocycles. The first-order valence-electron chi connectivity index (χ1n) is 8.59. The summed E-state index contributed by atoms with van der Waals surface area (Å²) in [6, 6.07) is 6.17. The number of carbonyl (C=O) groups excluding carboxylic acids is 1. The number of piperazine rings is 1. The van der Waals surface area contributed by atoms with Gasteiger partial charge in [0.2, 0.25) is 11.9 Å². The number of benzene rings is 1. The fraction of sp³-hybridized carbons (Fsp3) is 0.389. The Morgan fingerprint density at radius 3 is 2.33 bits per heavy atom. The van der Waals surface area contributed by atoms with Gasteiger partial charge in [-0.2, -0.15) is 13.2 Å². The van der Waals surface area contributed by atoms with Crippen molar-refractivity contribution in [2.45, 2.75) is 19.1 Å². The molecule has 1 N–H and O–H groups in total. The van der Waals surface area contributed by atoms with Crippen molar-refractivity contribution < 1.29 is 18.0 Å². The van der Waals surface area contributed by atoms with E-state index in [0.29, 0.717) is 32.1 Å². The quantitative estimate of drug-likeness (QED) is 0.885. The first-order valence-corrected chi connectivity index (χ1v) is 8.59. The Balaban J connectivity index is 1.61. The number of amides is 1. The van der Waals surface area contributed by atoms with Crippen LogP contribution in [0.3, 0.4) is 0 Å². The fourth-order valence-electron chi connectivity index (χ4n) is 3.01. The number of nitrogens with zero attached hydrogens (tertiary/aromatic N) is 4. The van der Waals surface area contributed by atoms with E-state index in [-0.39, 0.29) is 5.69 Å². The average Bonchev–Trinajstić information content (AvgIpc) is 2.68. The molecule has 0 aliphatic carbocycles. The van der Waals surface area contributed by atoms with Gasteiger partial charge in [0.25, 0.3) is 0 Å². The highest BCUT2D eigenvalue weighted by Crippen LogP contribution is 2.34. The van der Waals surface area contributed by atoms with E-state index in [1.54, 1.807) is 25.4 Å². The smallest absolute Gasteiger partial charge is 0.338 e. The van der Waals surface area contributed by atoms with Crippen molar-refractivity contribution in [3.63, 3.8) is 0 Å². The lowest BCUT2D eigenvalue weighted by Gasteiger charge is -2.37. The molecule has 1 amide bonds. The van der Waals surface area contributed by atoms with E-state index < -0.39 is 23.7 Å². The first-order chi connectivity index (χ1) is 12.9. The summed E-state index contributed by atoms with van der Waals surface area (Å²) >= 11 is 0. The van der Waals surface area contributed by atoms with E-state index in [4.69, 9.17) is 0 Å². The lowest BCUT2D eigenvalue weighted by atomic mass is 10.1. The van der Waals surface area contributed by atoms with Crippen LogP contribution in [-0.2, 0) is 11.0 Å². The highest BCUT2D eigenvalue weighted by Gasteiger charge is 2.34. The second kappa shape index (κ2) is 7.91. The largest absolute Gasteiger partial charge is 0.418 e. The van der Waals surface area contributed by atoms with Gasteiger partial charge in [0.05, 0.1) is 17.3 Å². The predicted molar refractivity (Wildman–Crippen MR) is 95.4 cm³/mol. The van der Waals surface area contributed by atoms with Gasteiger partial charge in [0.15, 0.2) is 0 Å². The summed E-state index contributed by atoms with van der Waals surface area (Å²) in [4.78, 5) is 24.8. The summed E-state index contributed by atoms with van der Waals surface area (Å²) in [7, 11) is 0. The molecule has 0 unspecified atom stereocenters. The zero-order valence-corrected chi connectivity index (χ0v) is 14.8. The molecule has 0 radical (unpaired) electrons. The summed E-state index contributed by atoms with van der Waals surface area (Å²) in [6.07, 6.45) is -1.18. The minimum Gasteiger partial charge on any atom is -0.338 e. The second-order valence-electron chi connectivity index (χ2n) is 6.28. The molecule has 1 aliphatic rings. The average molecular weight is 379 g/mol. The molecule has 27 heavy (non-hydrogen) atoms. The van der Waals surface area contributed by atoms with E-state index in [0.717, 1.165) is 6.07 Å². The topological polar surface area (TPSA) is 61.4 Å². The Kier molecular flexibility index (Phi) is 5.59. The number of alkyl halides is 3. The number of halogens is 3. The SMILES string of the molecule is C[C@@H](C(=O)Nc1ccccc1C(F)(F)F)N1CCN(c2ncccn2)CC1. The minimum atomic E-state index is -4.52. The maximum Gasteiger partial charge on any atom is 0.418 e. The maximum atomic E-state index is 13.1. The van der Waals surface area contributed by atoms with Crippen LogP contribution < -0.4 is 10.2 Å². The monoisotopic (exact) mass is 379 g/mol. The number of hydrogen-bond acceptors (Lipinski definition) is 5. The number of aromatic nitrogens is 2. The van der Waals surface area contributed by atoms with Crippen molar-refractivity contribution in [3.05, 3.63) is 48.3 Å². The number of anilines is 2. The molecule has 1 aromatic heterocycles. The summed E-state index contributed by atoms with van der Waals surface area (Å²) in [5.41, 5.74) is -1.07. The van der Waals surface area contributed by atoms with E-state index in [1.807, 2.05) is 9.80 Å². The van der Waals surface area contributed by atoms with Gasteiger partial charge in [-0.3, -0.25) is 9.69 Å². The molecule has 2 aromatic rings. The molecular formula is C18H20F3N5O. The van der Waals surface area contributed by atoms with Crippen molar-refractivity contribution in [3.8, 4) is 0 Å². The minimum absolute atomic E-state index is 0.224. The van der Waals surface area contributed by atoms with Gasteiger partial charge in [-0.25, -0.2) is 9.97 Å². The number of para-hydroxylation sites is 1. The molecule has 1 atom stereocenters. The van der Waals surface area contributed by atoms with Crippen molar-refractivity contribution in [1.29, 1.82) is 0 Å².